The molecule has 0 aromatic rings. The highest BCUT2D eigenvalue weighted by atomic mass is 16.3. The Morgan fingerprint density at radius 3 is 2.42 bits per heavy atom. The molecule has 0 amide bonds. The molecule has 2 saturated heterocycles. The number of aliphatic hydroxyl groups is 1. The molecular weight excluding hydrogens is 150 g/mol. The van der Waals surface area contributed by atoms with Gasteiger partial charge in [-0.2, -0.15) is 0 Å². The maximum atomic E-state index is 8.74. The fraction of sp³-hybridized carbons (Fsp3) is 1.00. The summed E-state index contributed by atoms with van der Waals surface area (Å²) in [5.41, 5.74) is 0. The molecule has 0 spiro atoms. The molecule has 1 saturated carbocycles. The van der Waals surface area contributed by atoms with Crippen molar-refractivity contribution in [2.45, 2.75) is 38.1 Å². The van der Waals surface area contributed by atoms with Crippen molar-refractivity contribution >= 4 is 0 Å². The van der Waals surface area contributed by atoms with E-state index >= 15 is 0 Å². The standard InChI is InChI=1S/C10H19NO/c12-7-1-6-11-8-9-2-4-10(11)5-3-9/h9-10,12H,1-8H2. The molecule has 0 aromatic carbocycles. The number of hydrogen-bond donors (Lipinski definition) is 1. The van der Waals surface area contributed by atoms with Gasteiger partial charge < -0.3 is 10.0 Å². The van der Waals surface area contributed by atoms with Crippen LogP contribution in [0.5, 0.6) is 0 Å². The van der Waals surface area contributed by atoms with Crippen LogP contribution in [-0.4, -0.2) is 35.7 Å². The lowest BCUT2D eigenvalue weighted by Crippen LogP contribution is -2.48. The van der Waals surface area contributed by atoms with Crippen LogP contribution in [0.25, 0.3) is 0 Å². The lowest BCUT2D eigenvalue weighted by atomic mass is 9.80. The van der Waals surface area contributed by atoms with Crippen LogP contribution in [0.3, 0.4) is 0 Å². The largest absolute Gasteiger partial charge is 0.396 e. The van der Waals surface area contributed by atoms with E-state index in [-0.39, 0.29) is 0 Å². The highest BCUT2D eigenvalue weighted by Gasteiger charge is 2.32. The van der Waals surface area contributed by atoms with E-state index in [0.717, 1.165) is 24.9 Å². The van der Waals surface area contributed by atoms with Gasteiger partial charge in [-0.3, -0.25) is 0 Å². The van der Waals surface area contributed by atoms with Crippen LogP contribution < -0.4 is 0 Å². The Hall–Kier alpha value is -0.0800. The van der Waals surface area contributed by atoms with Crippen LogP contribution in [0.2, 0.25) is 0 Å². The zero-order valence-electron chi connectivity index (χ0n) is 7.71. The molecule has 3 aliphatic rings. The van der Waals surface area contributed by atoms with Gasteiger partial charge in [0.2, 0.25) is 0 Å². The van der Waals surface area contributed by atoms with Crippen molar-refractivity contribution in [3.05, 3.63) is 0 Å². The first-order valence-electron chi connectivity index (χ1n) is 5.25. The number of nitrogens with zero attached hydrogens (tertiary/aromatic N) is 1. The molecule has 2 aliphatic heterocycles. The lowest BCUT2D eigenvalue weighted by Gasteiger charge is -2.45. The normalized spacial score (nSPS) is 35.8. The Kier molecular flexibility index (Phi) is 2.66. The summed E-state index contributed by atoms with van der Waals surface area (Å²) in [6.45, 7) is 2.79. The third-order valence-electron chi connectivity index (χ3n) is 3.43. The minimum Gasteiger partial charge on any atom is -0.396 e. The second-order valence-corrected chi connectivity index (χ2v) is 4.25. The monoisotopic (exact) mass is 169 g/mol. The Labute approximate surface area is 74.6 Å². The third kappa shape index (κ3) is 1.64. The van der Waals surface area contributed by atoms with Gasteiger partial charge in [0.15, 0.2) is 0 Å². The number of piperidine rings is 2. The van der Waals surface area contributed by atoms with Crippen molar-refractivity contribution < 1.29 is 5.11 Å². The average Bonchev–Trinajstić information content (AvgIpc) is 2.17. The molecule has 0 atom stereocenters. The molecule has 2 heteroatoms. The molecule has 3 rings (SSSR count). The summed E-state index contributed by atoms with van der Waals surface area (Å²) in [5.74, 6) is 0.980. The summed E-state index contributed by atoms with van der Waals surface area (Å²) >= 11 is 0. The predicted molar refractivity (Wildman–Crippen MR) is 49.0 cm³/mol. The molecule has 2 nitrogen and oxygen atoms in total. The molecule has 2 bridgehead atoms. The van der Waals surface area contributed by atoms with Gasteiger partial charge in [0.05, 0.1) is 0 Å². The summed E-state index contributed by atoms with van der Waals surface area (Å²) in [7, 11) is 0. The van der Waals surface area contributed by atoms with Crippen LogP contribution in [0.15, 0.2) is 0 Å². The SMILES string of the molecule is OCCCN1CC2CCC1CC2. The molecule has 0 unspecified atom stereocenters. The molecule has 0 radical (unpaired) electrons. The van der Waals surface area contributed by atoms with E-state index < -0.39 is 0 Å². The van der Waals surface area contributed by atoms with E-state index in [1.165, 1.54) is 32.2 Å². The third-order valence-corrected chi connectivity index (χ3v) is 3.43. The van der Waals surface area contributed by atoms with Crippen molar-refractivity contribution in [2.24, 2.45) is 5.92 Å². The lowest BCUT2D eigenvalue weighted by molar-refractivity contribution is 0.0443. The molecule has 1 N–H and O–H groups in total. The molecule has 12 heavy (non-hydrogen) atoms. The number of rotatable bonds is 3. The van der Waals surface area contributed by atoms with Gasteiger partial charge in [-0.1, -0.05) is 0 Å². The van der Waals surface area contributed by atoms with E-state index in [9.17, 15) is 0 Å². The van der Waals surface area contributed by atoms with Crippen LogP contribution >= 0.6 is 0 Å². The van der Waals surface area contributed by atoms with E-state index in [1.807, 2.05) is 0 Å². The maximum Gasteiger partial charge on any atom is 0.0443 e. The smallest absolute Gasteiger partial charge is 0.0443 e. The summed E-state index contributed by atoms with van der Waals surface area (Å²) in [4.78, 5) is 2.59. The van der Waals surface area contributed by atoms with Crippen LogP contribution in [-0.2, 0) is 0 Å². The van der Waals surface area contributed by atoms with Crippen LogP contribution in [0, 0.1) is 5.92 Å². The highest BCUT2D eigenvalue weighted by molar-refractivity contribution is 4.87. The van der Waals surface area contributed by atoms with Gasteiger partial charge in [0.1, 0.15) is 0 Å². The topological polar surface area (TPSA) is 23.5 Å². The van der Waals surface area contributed by atoms with Gasteiger partial charge in [0, 0.05) is 25.7 Å². The van der Waals surface area contributed by atoms with Gasteiger partial charge in [-0.15, -0.1) is 0 Å². The fourth-order valence-electron chi connectivity index (χ4n) is 2.72. The summed E-state index contributed by atoms with van der Waals surface area (Å²) in [6, 6.07) is 0.863. The van der Waals surface area contributed by atoms with Crippen molar-refractivity contribution in [1.29, 1.82) is 0 Å². The Morgan fingerprint density at radius 2 is 1.92 bits per heavy atom. The Bertz CT molecular complexity index is 141. The summed E-state index contributed by atoms with van der Waals surface area (Å²) < 4.78 is 0. The van der Waals surface area contributed by atoms with Gasteiger partial charge in [0.25, 0.3) is 0 Å². The van der Waals surface area contributed by atoms with Crippen LogP contribution in [0.4, 0.5) is 0 Å². The maximum absolute atomic E-state index is 8.74. The first kappa shape index (κ1) is 8.52. The van der Waals surface area contributed by atoms with Crippen molar-refractivity contribution in [1.82, 2.24) is 4.90 Å². The quantitative estimate of drug-likeness (QED) is 0.687. The van der Waals surface area contributed by atoms with E-state index in [0.29, 0.717) is 6.61 Å². The predicted octanol–water partition coefficient (Wildman–Crippen LogP) is 1.24. The zero-order chi connectivity index (χ0) is 8.39. The first-order valence-corrected chi connectivity index (χ1v) is 5.25. The summed E-state index contributed by atoms with van der Waals surface area (Å²) in [6.07, 6.45) is 6.70. The van der Waals surface area contributed by atoms with Crippen molar-refractivity contribution in [3.8, 4) is 0 Å². The fourth-order valence-corrected chi connectivity index (χ4v) is 2.72. The average molecular weight is 169 g/mol. The van der Waals surface area contributed by atoms with E-state index in [2.05, 4.69) is 4.90 Å². The molecule has 0 aromatic heterocycles. The highest BCUT2D eigenvalue weighted by Crippen LogP contribution is 2.34. The zero-order valence-corrected chi connectivity index (χ0v) is 7.71. The van der Waals surface area contributed by atoms with E-state index in [1.54, 1.807) is 0 Å². The minimum absolute atomic E-state index is 0.355. The number of hydrogen-bond acceptors (Lipinski definition) is 2. The molecule has 2 heterocycles. The molecular formula is C10H19NO. The second-order valence-electron chi connectivity index (χ2n) is 4.25. The summed E-state index contributed by atoms with van der Waals surface area (Å²) in [5, 5.41) is 8.74. The number of aliphatic hydroxyl groups excluding tert-OH is 1. The van der Waals surface area contributed by atoms with Gasteiger partial charge in [-0.05, 0) is 38.0 Å². The van der Waals surface area contributed by atoms with E-state index in [4.69, 9.17) is 5.11 Å². The number of fused-ring (bicyclic) bond motifs is 3. The van der Waals surface area contributed by atoms with Crippen molar-refractivity contribution in [2.75, 3.05) is 19.7 Å². The minimum atomic E-state index is 0.355. The van der Waals surface area contributed by atoms with Crippen molar-refractivity contribution in [3.63, 3.8) is 0 Å². The Morgan fingerprint density at radius 1 is 1.17 bits per heavy atom. The van der Waals surface area contributed by atoms with Gasteiger partial charge in [-0.25, -0.2) is 0 Å². The first-order chi connectivity index (χ1) is 5.90. The molecule has 1 aliphatic carbocycles. The Balaban J connectivity index is 1.82. The second kappa shape index (κ2) is 3.75. The molecule has 3 fully saturated rings. The molecule has 70 valence electrons. The van der Waals surface area contributed by atoms with Crippen LogP contribution in [0.1, 0.15) is 32.1 Å². The van der Waals surface area contributed by atoms with Gasteiger partial charge >= 0.3 is 0 Å².